The van der Waals surface area contributed by atoms with Gasteiger partial charge in [-0.1, -0.05) is 31.2 Å². The van der Waals surface area contributed by atoms with Gasteiger partial charge in [0, 0.05) is 5.69 Å². The van der Waals surface area contributed by atoms with Gasteiger partial charge in [0.15, 0.2) is 0 Å². The maximum atomic E-state index is 12.2. The van der Waals surface area contributed by atoms with Crippen molar-refractivity contribution >= 4 is 17.6 Å². The number of amides is 1. The molecule has 0 fully saturated rings. The molecule has 0 heterocycles. The molecule has 1 amide bonds. The van der Waals surface area contributed by atoms with Gasteiger partial charge in [-0.3, -0.25) is 4.79 Å². The van der Waals surface area contributed by atoms with Gasteiger partial charge in [-0.2, -0.15) is 0 Å². The first-order valence-corrected chi connectivity index (χ1v) is 6.34. The zero-order valence-corrected chi connectivity index (χ0v) is 11.1. The van der Waals surface area contributed by atoms with E-state index in [-0.39, 0.29) is 11.1 Å². The van der Waals surface area contributed by atoms with E-state index in [1.807, 2.05) is 25.1 Å². The van der Waals surface area contributed by atoms with Crippen LogP contribution in [-0.2, 0) is 6.42 Å². The van der Waals surface area contributed by atoms with Gasteiger partial charge < -0.3 is 10.4 Å². The fraction of sp³-hybridized carbons (Fsp3) is 0.125. The van der Waals surface area contributed by atoms with Crippen LogP contribution in [0, 0.1) is 0 Å². The fourth-order valence-corrected chi connectivity index (χ4v) is 1.94. The van der Waals surface area contributed by atoms with Gasteiger partial charge in [-0.25, -0.2) is 4.79 Å². The lowest BCUT2D eigenvalue weighted by Crippen LogP contribution is -2.16. The third-order valence-corrected chi connectivity index (χ3v) is 3.00. The van der Waals surface area contributed by atoms with Crippen LogP contribution in [0.4, 0.5) is 5.69 Å². The monoisotopic (exact) mass is 269 g/mol. The molecule has 2 aromatic rings. The second kappa shape index (κ2) is 6.02. The average molecular weight is 269 g/mol. The van der Waals surface area contributed by atoms with Crippen molar-refractivity contribution in [3.63, 3.8) is 0 Å². The summed E-state index contributed by atoms with van der Waals surface area (Å²) < 4.78 is 0. The maximum Gasteiger partial charge on any atom is 0.336 e. The van der Waals surface area contributed by atoms with Crippen molar-refractivity contribution in [1.82, 2.24) is 0 Å². The molecule has 0 aliphatic carbocycles. The van der Waals surface area contributed by atoms with Crippen LogP contribution in [-0.4, -0.2) is 17.0 Å². The molecule has 0 atom stereocenters. The molecule has 2 rings (SSSR count). The minimum atomic E-state index is -1.11. The number of carboxylic acid groups (broad SMARTS) is 1. The van der Waals surface area contributed by atoms with Crippen LogP contribution in [0.15, 0.2) is 48.5 Å². The predicted molar refractivity (Wildman–Crippen MR) is 77.2 cm³/mol. The van der Waals surface area contributed by atoms with Gasteiger partial charge in [0.05, 0.1) is 11.1 Å². The molecule has 4 nitrogen and oxygen atoms in total. The summed E-state index contributed by atoms with van der Waals surface area (Å²) in [6, 6.07) is 13.6. The molecule has 4 heteroatoms. The SMILES string of the molecule is CCc1cccc(NC(=O)c2ccccc2C(=O)O)c1. The van der Waals surface area contributed by atoms with E-state index in [1.54, 1.807) is 18.2 Å². The second-order valence-corrected chi connectivity index (χ2v) is 4.36. The van der Waals surface area contributed by atoms with Crippen molar-refractivity contribution in [1.29, 1.82) is 0 Å². The lowest BCUT2D eigenvalue weighted by Gasteiger charge is -2.08. The number of benzene rings is 2. The molecule has 0 unspecified atom stereocenters. The summed E-state index contributed by atoms with van der Waals surface area (Å²) in [5.74, 6) is -1.53. The molecule has 20 heavy (non-hydrogen) atoms. The number of nitrogens with one attached hydrogen (secondary N) is 1. The second-order valence-electron chi connectivity index (χ2n) is 4.36. The van der Waals surface area contributed by atoms with Gasteiger partial charge in [0.25, 0.3) is 5.91 Å². The van der Waals surface area contributed by atoms with Crippen molar-refractivity contribution in [3.05, 3.63) is 65.2 Å². The number of carboxylic acids is 1. The van der Waals surface area contributed by atoms with Gasteiger partial charge in [0.2, 0.25) is 0 Å². The van der Waals surface area contributed by atoms with E-state index in [0.29, 0.717) is 5.69 Å². The normalized spacial score (nSPS) is 10.1. The molecule has 0 saturated heterocycles. The van der Waals surface area contributed by atoms with Crippen molar-refractivity contribution in [3.8, 4) is 0 Å². The number of hydrogen-bond donors (Lipinski definition) is 2. The number of anilines is 1. The largest absolute Gasteiger partial charge is 0.478 e. The lowest BCUT2D eigenvalue weighted by molar-refractivity contribution is 0.0692. The number of aromatic carboxylic acids is 1. The minimum Gasteiger partial charge on any atom is -0.478 e. The molecule has 0 bridgehead atoms. The molecule has 0 spiro atoms. The van der Waals surface area contributed by atoms with E-state index in [9.17, 15) is 9.59 Å². The molecular weight excluding hydrogens is 254 g/mol. The van der Waals surface area contributed by atoms with Gasteiger partial charge in [-0.15, -0.1) is 0 Å². The Labute approximate surface area is 117 Å². The number of carbonyl (C=O) groups is 2. The van der Waals surface area contributed by atoms with Gasteiger partial charge in [-0.05, 0) is 36.2 Å². The summed E-state index contributed by atoms with van der Waals surface area (Å²) >= 11 is 0. The number of hydrogen-bond acceptors (Lipinski definition) is 2. The molecule has 0 aliphatic rings. The third kappa shape index (κ3) is 3.03. The highest BCUT2D eigenvalue weighted by molar-refractivity contribution is 6.10. The Kier molecular flexibility index (Phi) is 4.15. The third-order valence-electron chi connectivity index (χ3n) is 3.00. The zero-order chi connectivity index (χ0) is 14.5. The highest BCUT2D eigenvalue weighted by Crippen LogP contribution is 2.15. The van der Waals surface area contributed by atoms with Crippen LogP contribution in [0.2, 0.25) is 0 Å². The van der Waals surface area contributed by atoms with Crippen LogP contribution < -0.4 is 5.32 Å². The Hall–Kier alpha value is -2.62. The first kappa shape index (κ1) is 13.8. The standard InChI is InChI=1S/C16H15NO3/c1-2-11-6-5-7-12(10-11)17-15(18)13-8-3-4-9-14(13)16(19)20/h3-10H,2H2,1H3,(H,17,18)(H,19,20). The number of carbonyl (C=O) groups excluding carboxylic acids is 1. The Bertz CT molecular complexity index is 650. The first-order valence-electron chi connectivity index (χ1n) is 6.34. The summed E-state index contributed by atoms with van der Waals surface area (Å²) in [7, 11) is 0. The summed E-state index contributed by atoms with van der Waals surface area (Å²) in [6.45, 7) is 2.03. The Balaban J connectivity index is 2.26. The summed E-state index contributed by atoms with van der Waals surface area (Å²) in [5.41, 5.74) is 1.92. The van der Waals surface area contributed by atoms with Crippen molar-refractivity contribution in [2.24, 2.45) is 0 Å². The van der Waals surface area contributed by atoms with Crippen LogP contribution in [0.25, 0.3) is 0 Å². The minimum absolute atomic E-state index is 0.00311. The van der Waals surface area contributed by atoms with Gasteiger partial charge in [0.1, 0.15) is 0 Å². The lowest BCUT2D eigenvalue weighted by atomic mass is 10.1. The summed E-state index contributed by atoms with van der Waals surface area (Å²) in [4.78, 5) is 23.3. The quantitative estimate of drug-likeness (QED) is 0.895. The van der Waals surface area contributed by atoms with Crippen molar-refractivity contribution < 1.29 is 14.7 Å². The smallest absolute Gasteiger partial charge is 0.336 e. The molecule has 102 valence electrons. The van der Waals surface area contributed by atoms with Crippen LogP contribution in [0.3, 0.4) is 0 Å². The van der Waals surface area contributed by atoms with E-state index >= 15 is 0 Å². The van der Waals surface area contributed by atoms with Crippen LogP contribution >= 0.6 is 0 Å². The Morgan fingerprint density at radius 3 is 2.40 bits per heavy atom. The van der Waals surface area contributed by atoms with E-state index in [4.69, 9.17) is 5.11 Å². The molecule has 2 N–H and O–H groups in total. The Morgan fingerprint density at radius 1 is 1.05 bits per heavy atom. The molecule has 0 saturated carbocycles. The van der Waals surface area contributed by atoms with Crippen LogP contribution in [0.5, 0.6) is 0 Å². The number of aryl methyl sites for hydroxylation is 1. The predicted octanol–water partition coefficient (Wildman–Crippen LogP) is 3.20. The number of rotatable bonds is 4. The highest BCUT2D eigenvalue weighted by Gasteiger charge is 2.15. The molecule has 0 aromatic heterocycles. The topological polar surface area (TPSA) is 66.4 Å². The summed E-state index contributed by atoms with van der Waals surface area (Å²) in [6.07, 6.45) is 0.870. The van der Waals surface area contributed by atoms with E-state index in [1.165, 1.54) is 12.1 Å². The van der Waals surface area contributed by atoms with E-state index < -0.39 is 11.9 Å². The van der Waals surface area contributed by atoms with Crippen molar-refractivity contribution in [2.75, 3.05) is 5.32 Å². The maximum absolute atomic E-state index is 12.2. The molecule has 0 radical (unpaired) electrons. The average Bonchev–Trinajstić information content (AvgIpc) is 2.47. The first-order chi connectivity index (χ1) is 9.61. The van der Waals surface area contributed by atoms with Crippen molar-refractivity contribution in [2.45, 2.75) is 13.3 Å². The van der Waals surface area contributed by atoms with Gasteiger partial charge >= 0.3 is 5.97 Å². The summed E-state index contributed by atoms with van der Waals surface area (Å²) in [5, 5.41) is 11.8. The van der Waals surface area contributed by atoms with E-state index in [0.717, 1.165) is 12.0 Å². The fourth-order valence-electron chi connectivity index (χ4n) is 1.94. The molecule has 2 aromatic carbocycles. The zero-order valence-electron chi connectivity index (χ0n) is 11.1. The highest BCUT2D eigenvalue weighted by atomic mass is 16.4. The molecule has 0 aliphatic heterocycles. The van der Waals surface area contributed by atoms with Crippen LogP contribution in [0.1, 0.15) is 33.2 Å². The van der Waals surface area contributed by atoms with E-state index in [2.05, 4.69) is 5.32 Å². The Morgan fingerprint density at radius 2 is 1.75 bits per heavy atom. The molecular formula is C16H15NO3.